The highest BCUT2D eigenvalue weighted by atomic mass is 16.4. The Kier molecular flexibility index (Phi) is 14.7. The van der Waals surface area contributed by atoms with Crippen molar-refractivity contribution in [2.75, 3.05) is 13.2 Å². The van der Waals surface area contributed by atoms with E-state index in [4.69, 9.17) is 20.2 Å². The standard InChI is InChI=1S/C34H38N4O4.2C3H8O/c1-7-21-17(3)25-13-26-19(5)23(9-11-33(39)40)31(37-26)16-32-24(10-12-34(41)42)20(6)28(38-32)15-30-22(8-2)18(4)27(36-30)14-29(21)35-25;2*1-2-3-4/h13-16,35-36H,7-12H2,1-6H3,(H,39,40)(H,41,42);2*4H,2-3H2,1H3. The van der Waals surface area contributed by atoms with Gasteiger partial charge in [-0.25, -0.2) is 9.97 Å². The summed E-state index contributed by atoms with van der Waals surface area (Å²) in [6.45, 7) is 17.0. The number of fused-ring (bicyclic) bond motifs is 8. The maximum atomic E-state index is 11.5. The molecule has 10 heteroatoms. The van der Waals surface area contributed by atoms with Crippen molar-refractivity contribution in [1.29, 1.82) is 0 Å². The van der Waals surface area contributed by atoms with Crippen LogP contribution in [-0.2, 0) is 22.4 Å². The predicted octanol–water partition coefficient (Wildman–Crippen LogP) is 8.42. The molecular weight excluding hydrogens is 632 g/mol. The molecule has 8 bridgehead atoms. The van der Waals surface area contributed by atoms with Crippen molar-refractivity contribution in [2.24, 2.45) is 0 Å². The zero-order valence-corrected chi connectivity index (χ0v) is 30.9. The van der Waals surface area contributed by atoms with E-state index in [1.165, 1.54) is 16.7 Å². The molecule has 0 amide bonds. The van der Waals surface area contributed by atoms with E-state index < -0.39 is 11.9 Å². The van der Waals surface area contributed by atoms with E-state index in [2.05, 4.69) is 49.8 Å². The van der Waals surface area contributed by atoms with Crippen LogP contribution in [0.25, 0.3) is 44.4 Å². The normalized spacial score (nSPS) is 12.4. The number of nitrogens with one attached hydrogen (secondary N) is 2. The number of H-pyrrole nitrogens is 2. The number of aliphatic hydroxyl groups excluding tert-OH is 2. The molecule has 6 N–H and O–H groups in total. The Morgan fingerprint density at radius 3 is 1.30 bits per heavy atom. The van der Waals surface area contributed by atoms with Gasteiger partial charge in [-0.2, -0.15) is 0 Å². The van der Waals surface area contributed by atoms with Gasteiger partial charge in [0.05, 0.1) is 22.8 Å². The summed E-state index contributed by atoms with van der Waals surface area (Å²) < 4.78 is 0. The molecule has 0 fully saturated rings. The minimum Gasteiger partial charge on any atom is -0.481 e. The van der Waals surface area contributed by atoms with Gasteiger partial charge >= 0.3 is 11.9 Å². The molecule has 2 aliphatic heterocycles. The van der Waals surface area contributed by atoms with Crippen LogP contribution in [0.3, 0.4) is 0 Å². The van der Waals surface area contributed by atoms with Gasteiger partial charge in [0.1, 0.15) is 0 Å². The highest BCUT2D eigenvalue weighted by molar-refractivity contribution is 5.96. The monoisotopic (exact) mass is 686 g/mol. The van der Waals surface area contributed by atoms with E-state index >= 15 is 0 Å². The van der Waals surface area contributed by atoms with E-state index in [0.29, 0.717) is 37.4 Å². The Bertz CT molecular complexity index is 1920. The molecule has 0 saturated heterocycles. The van der Waals surface area contributed by atoms with Crippen LogP contribution in [0.5, 0.6) is 0 Å². The van der Waals surface area contributed by atoms with Gasteiger partial charge in [0.15, 0.2) is 0 Å². The molecule has 0 saturated carbocycles. The fourth-order valence-corrected chi connectivity index (χ4v) is 6.22. The smallest absolute Gasteiger partial charge is 0.303 e. The Balaban J connectivity index is 0.000000764. The fourth-order valence-electron chi connectivity index (χ4n) is 6.22. The number of aromatic amines is 2. The minimum absolute atomic E-state index is 0.0138. The number of carbonyl (C=O) groups is 2. The second kappa shape index (κ2) is 18.5. The molecule has 5 rings (SSSR count). The van der Waals surface area contributed by atoms with Crippen molar-refractivity contribution in [3.8, 4) is 0 Å². The summed E-state index contributed by atoms with van der Waals surface area (Å²) >= 11 is 0. The third kappa shape index (κ3) is 9.37. The molecule has 0 spiro atoms. The number of carboxylic acid groups (broad SMARTS) is 2. The third-order valence-corrected chi connectivity index (χ3v) is 9.13. The predicted molar refractivity (Wildman–Crippen MR) is 203 cm³/mol. The lowest BCUT2D eigenvalue weighted by Crippen LogP contribution is -1.97. The van der Waals surface area contributed by atoms with Crippen LogP contribution in [0.4, 0.5) is 0 Å². The number of allylic oxidation sites excluding steroid dienone is 4. The van der Waals surface area contributed by atoms with Gasteiger partial charge in [0.25, 0.3) is 0 Å². The summed E-state index contributed by atoms with van der Waals surface area (Å²) in [5.74, 6) is -1.74. The summed E-state index contributed by atoms with van der Waals surface area (Å²) in [4.78, 5) is 40.3. The summed E-state index contributed by atoms with van der Waals surface area (Å²) in [5, 5.41) is 34.7. The number of nitrogens with zero attached hydrogens (tertiary/aromatic N) is 2. The van der Waals surface area contributed by atoms with Gasteiger partial charge in [-0.1, -0.05) is 27.7 Å². The van der Waals surface area contributed by atoms with Crippen molar-refractivity contribution in [3.05, 3.63) is 69.3 Å². The molecule has 0 radical (unpaired) electrons. The lowest BCUT2D eigenvalue weighted by atomic mass is 9.98. The fraction of sp³-hybridized carbons (Fsp3) is 0.450. The first-order valence-electron chi connectivity index (χ1n) is 17.6. The average Bonchev–Trinajstić information content (AvgIpc) is 3.75. The molecule has 10 nitrogen and oxygen atoms in total. The van der Waals surface area contributed by atoms with Crippen molar-refractivity contribution in [3.63, 3.8) is 0 Å². The Labute approximate surface area is 295 Å². The van der Waals surface area contributed by atoms with Crippen LogP contribution in [0.15, 0.2) is 24.3 Å². The maximum absolute atomic E-state index is 11.5. The summed E-state index contributed by atoms with van der Waals surface area (Å²) in [5.41, 5.74) is 15.4. The molecule has 0 unspecified atom stereocenters. The quantitative estimate of drug-likeness (QED) is 0.123. The number of rotatable bonds is 10. The van der Waals surface area contributed by atoms with Crippen molar-refractivity contribution < 1.29 is 30.0 Å². The van der Waals surface area contributed by atoms with Crippen LogP contribution in [0.2, 0.25) is 0 Å². The van der Waals surface area contributed by atoms with E-state index in [0.717, 1.165) is 87.0 Å². The second-order valence-electron chi connectivity index (χ2n) is 12.6. The Morgan fingerprint density at radius 1 is 0.580 bits per heavy atom. The molecule has 270 valence electrons. The number of hydrogen-bond donors (Lipinski definition) is 6. The summed E-state index contributed by atoms with van der Waals surface area (Å²) in [6, 6.07) is 8.19. The average molecular weight is 687 g/mol. The van der Waals surface area contributed by atoms with Crippen LogP contribution in [0, 0.1) is 13.8 Å². The number of hydrogen-bond acceptors (Lipinski definition) is 6. The lowest BCUT2D eigenvalue weighted by molar-refractivity contribution is -0.137. The zero-order chi connectivity index (χ0) is 37.1. The molecule has 3 aromatic rings. The second-order valence-corrected chi connectivity index (χ2v) is 12.6. The number of aryl methyl sites for hydroxylation is 4. The SMILES string of the molecule is CCCO.CCCO.CCc1c(C)c2cc3[nH]c(cc4nc(cc5nc(cc1[nH]2)C(C)=C5CCC(=O)O)C(CCC(=O)O)=C4C)c(C)c3CC. The van der Waals surface area contributed by atoms with Gasteiger partial charge < -0.3 is 30.4 Å². The maximum Gasteiger partial charge on any atom is 0.303 e. The van der Waals surface area contributed by atoms with Gasteiger partial charge in [0, 0.05) is 48.1 Å². The Morgan fingerprint density at radius 2 is 0.940 bits per heavy atom. The van der Waals surface area contributed by atoms with Crippen LogP contribution in [-0.4, -0.2) is 65.5 Å². The molecule has 5 heterocycles. The number of carboxylic acids is 2. The van der Waals surface area contributed by atoms with Crippen LogP contribution < -0.4 is 0 Å². The van der Waals surface area contributed by atoms with Crippen LogP contribution >= 0.6 is 0 Å². The van der Waals surface area contributed by atoms with E-state index in [1.54, 1.807) is 0 Å². The zero-order valence-electron chi connectivity index (χ0n) is 30.9. The minimum atomic E-state index is -0.869. The topological polar surface area (TPSA) is 172 Å². The number of aliphatic carboxylic acids is 2. The molecular formula is C40H54N4O6. The highest BCUT2D eigenvalue weighted by Gasteiger charge is 2.22. The first-order chi connectivity index (χ1) is 23.8. The van der Waals surface area contributed by atoms with E-state index in [1.807, 2.05) is 39.8 Å². The van der Waals surface area contributed by atoms with Crippen LogP contribution in [0.1, 0.15) is 125 Å². The first kappa shape index (κ1) is 39.9. The third-order valence-electron chi connectivity index (χ3n) is 9.13. The van der Waals surface area contributed by atoms with Crippen molar-refractivity contribution in [1.82, 2.24) is 19.9 Å². The highest BCUT2D eigenvalue weighted by Crippen LogP contribution is 2.38. The van der Waals surface area contributed by atoms with Gasteiger partial charge in [0.2, 0.25) is 0 Å². The van der Waals surface area contributed by atoms with Gasteiger partial charge in [-0.05, 0) is 135 Å². The van der Waals surface area contributed by atoms with E-state index in [-0.39, 0.29) is 12.8 Å². The number of aliphatic hydroxyl groups is 2. The largest absolute Gasteiger partial charge is 0.481 e. The molecule has 0 atom stereocenters. The lowest BCUT2D eigenvalue weighted by Gasteiger charge is -2.05. The summed E-state index contributed by atoms with van der Waals surface area (Å²) in [7, 11) is 0. The molecule has 3 aromatic heterocycles. The summed E-state index contributed by atoms with van der Waals surface area (Å²) in [6.07, 6.45) is 4.12. The molecule has 0 aliphatic carbocycles. The van der Waals surface area contributed by atoms with Crippen molar-refractivity contribution >= 4 is 56.3 Å². The van der Waals surface area contributed by atoms with Crippen molar-refractivity contribution in [2.45, 2.75) is 107 Å². The van der Waals surface area contributed by atoms with Gasteiger partial charge in [-0.3, -0.25) is 9.59 Å². The Hall–Kier alpha value is -4.54. The molecule has 0 aromatic carbocycles. The van der Waals surface area contributed by atoms with E-state index in [9.17, 15) is 19.8 Å². The van der Waals surface area contributed by atoms with Gasteiger partial charge in [-0.15, -0.1) is 0 Å². The molecule has 50 heavy (non-hydrogen) atoms. The molecule has 2 aliphatic rings. The first-order valence-corrected chi connectivity index (χ1v) is 17.6. The number of aromatic nitrogens is 4.